The molecule has 0 aliphatic heterocycles. The summed E-state index contributed by atoms with van der Waals surface area (Å²) in [5.41, 5.74) is 1.65. The quantitative estimate of drug-likeness (QED) is 0.920. The minimum atomic E-state index is -4.25. The average Bonchev–Trinajstić information content (AvgIpc) is 2.98. The summed E-state index contributed by atoms with van der Waals surface area (Å²) in [4.78, 5) is 11.9. The van der Waals surface area contributed by atoms with E-state index in [0.717, 1.165) is 23.3 Å². The number of carbonyl (C=O) groups excluding carboxylic acids is 1. The lowest BCUT2D eigenvalue weighted by Gasteiger charge is -2.13. The van der Waals surface area contributed by atoms with Crippen molar-refractivity contribution in [3.63, 3.8) is 0 Å². The molecule has 0 aromatic heterocycles. The highest BCUT2D eigenvalue weighted by Crippen LogP contribution is 2.38. The molecule has 0 saturated carbocycles. The molecule has 3 rings (SSSR count). The number of hydrogen-bond acceptors (Lipinski definition) is 4. The standard InChI is InChI=1S/C17H16FNO4S/c1-23-15-7-4-5-11-12(15)9-10-13(11)17(20)19-24(21,22)16-8-3-2-6-14(16)18/h2-8,13H,9-10H2,1H3,(H,19,20). The Morgan fingerprint density at radius 1 is 1.21 bits per heavy atom. The molecular weight excluding hydrogens is 333 g/mol. The second-order valence-corrected chi connectivity index (χ2v) is 7.17. The third-order valence-electron chi connectivity index (χ3n) is 4.13. The van der Waals surface area contributed by atoms with E-state index in [1.165, 1.54) is 12.1 Å². The lowest BCUT2D eigenvalue weighted by molar-refractivity contribution is -0.120. The van der Waals surface area contributed by atoms with E-state index in [0.29, 0.717) is 18.6 Å². The summed E-state index contributed by atoms with van der Waals surface area (Å²) in [5, 5.41) is 0. The van der Waals surface area contributed by atoms with Crippen molar-refractivity contribution in [3.8, 4) is 5.75 Å². The van der Waals surface area contributed by atoms with E-state index >= 15 is 0 Å². The monoisotopic (exact) mass is 349 g/mol. The first kappa shape index (κ1) is 16.4. The van der Waals surface area contributed by atoms with E-state index in [4.69, 9.17) is 4.74 Å². The predicted molar refractivity (Wildman–Crippen MR) is 85.8 cm³/mol. The first-order valence-electron chi connectivity index (χ1n) is 7.41. The van der Waals surface area contributed by atoms with Crippen molar-refractivity contribution in [3.05, 3.63) is 59.4 Å². The van der Waals surface area contributed by atoms with Gasteiger partial charge in [0.15, 0.2) is 0 Å². The van der Waals surface area contributed by atoms with Gasteiger partial charge >= 0.3 is 0 Å². The molecule has 1 unspecified atom stereocenters. The third kappa shape index (κ3) is 2.87. The van der Waals surface area contributed by atoms with Crippen molar-refractivity contribution in [2.24, 2.45) is 0 Å². The van der Waals surface area contributed by atoms with E-state index in [2.05, 4.69) is 0 Å². The topological polar surface area (TPSA) is 72.5 Å². The fourth-order valence-corrected chi connectivity index (χ4v) is 4.11. The summed E-state index contributed by atoms with van der Waals surface area (Å²) >= 11 is 0. The van der Waals surface area contributed by atoms with Gasteiger partial charge < -0.3 is 4.74 Å². The van der Waals surface area contributed by atoms with Crippen molar-refractivity contribution in [1.29, 1.82) is 0 Å². The van der Waals surface area contributed by atoms with Crippen molar-refractivity contribution in [2.45, 2.75) is 23.7 Å². The van der Waals surface area contributed by atoms with Crippen LogP contribution in [0.1, 0.15) is 23.5 Å². The van der Waals surface area contributed by atoms with E-state index in [-0.39, 0.29) is 0 Å². The van der Waals surface area contributed by atoms with E-state index < -0.39 is 32.6 Å². The van der Waals surface area contributed by atoms with Crippen molar-refractivity contribution in [1.82, 2.24) is 4.72 Å². The third-order valence-corrected chi connectivity index (χ3v) is 5.51. The summed E-state index contributed by atoms with van der Waals surface area (Å²) < 4.78 is 45.5. The number of sulfonamides is 1. The van der Waals surface area contributed by atoms with Crippen LogP contribution in [0.15, 0.2) is 47.4 Å². The van der Waals surface area contributed by atoms with Crippen LogP contribution in [0, 0.1) is 5.82 Å². The van der Waals surface area contributed by atoms with Crippen molar-refractivity contribution >= 4 is 15.9 Å². The molecule has 0 fully saturated rings. The van der Waals surface area contributed by atoms with Crippen LogP contribution in [0.3, 0.4) is 0 Å². The highest BCUT2D eigenvalue weighted by Gasteiger charge is 2.33. The minimum Gasteiger partial charge on any atom is -0.496 e. The molecule has 1 amide bonds. The number of halogens is 1. The van der Waals surface area contributed by atoms with Crippen LogP contribution in [0.2, 0.25) is 0 Å². The van der Waals surface area contributed by atoms with Crippen LogP contribution in [-0.2, 0) is 21.2 Å². The molecule has 2 aromatic rings. The lowest BCUT2D eigenvalue weighted by Crippen LogP contribution is -2.34. The molecule has 5 nitrogen and oxygen atoms in total. The molecular formula is C17H16FNO4S. The van der Waals surface area contributed by atoms with Crippen LogP contribution in [0.4, 0.5) is 4.39 Å². The molecule has 0 heterocycles. The molecule has 0 saturated heterocycles. The number of ether oxygens (including phenoxy) is 1. The molecule has 1 aliphatic carbocycles. The van der Waals surface area contributed by atoms with E-state index in [9.17, 15) is 17.6 Å². The zero-order chi connectivity index (χ0) is 17.3. The van der Waals surface area contributed by atoms with Gasteiger partial charge in [-0.2, -0.15) is 0 Å². The van der Waals surface area contributed by atoms with Gasteiger partial charge in [-0.15, -0.1) is 0 Å². The average molecular weight is 349 g/mol. The maximum Gasteiger partial charge on any atom is 0.266 e. The number of hydrogen-bond donors (Lipinski definition) is 1. The molecule has 7 heteroatoms. The van der Waals surface area contributed by atoms with Gasteiger partial charge in [-0.25, -0.2) is 17.5 Å². The Hall–Kier alpha value is -2.41. The fraction of sp³-hybridized carbons (Fsp3) is 0.235. The Bertz CT molecular complexity index is 895. The van der Waals surface area contributed by atoms with Gasteiger partial charge in [-0.05, 0) is 42.2 Å². The fourth-order valence-electron chi connectivity index (χ4n) is 3.01. The maximum atomic E-state index is 13.7. The minimum absolute atomic E-state index is 0.480. The second kappa shape index (κ2) is 6.24. The molecule has 24 heavy (non-hydrogen) atoms. The van der Waals surface area contributed by atoms with Crippen LogP contribution in [-0.4, -0.2) is 21.4 Å². The van der Waals surface area contributed by atoms with Crippen LogP contribution < -0.4 is 9.46 Å². The van der Waals surface area contributed by atoms with Crippen molar-refractivity contribution < 1.29 is 22.3 Å². The zero-order valence-corrected chi connectivity index (χ0v) is 13.8. The van der Waals surface area contributed by atoms with Gasteiger partial charge in [-0.3, -0.25) is 4.79 Å². The molecule has 126 valence electrons. The van der Waals surface area contributed by atoms with Gasteiger partial charge in [0.1, 0.15) is 16.5 Å². The van der Waals surface area contributed by atoms with Crippen LogP contribution >= 0.6 is 0 Å². The largest absolute Gasteiger partial charge is 0.496 e. The second-order valence-electron chi connectivity index (χ2n) is 5.52. The SMILES string of the molecule is COc1cccc2c1CCC2C(=O)NS(=O)(=O)c1ccccc1F. The highest BCUT2D eigenvalue weighted by atomic mass is 32.2. The number of amides is 1. The van der Waals surface area contributed by atoms with Gasteiger partial charge in [0.05, 0.1) is 13.0 Å². The first-order chi connectivity index (χ1) is 11.4. The predicted octanol–water partition coefficient (Wildman–Crippen LogP) is 2.37. The number of benzene rings is 2. The Labute approximate surface area is 139 Å². The highest BCUT2D eigenvalue weighted by molar-refractivity contribution is 7.90. The van der Waals surface area contributed by atoms with Gasteiger partial charge in [-0.1, -0.05) is 24.3 Å². The van der Waals surface area contributed by atoms with Crippen LogP contribution in [0.5, 0.6) is 5.75 Å². The normalized spacial score (nSPS) is 16.5. The number of carbonyl (C=O) groups is 1. The van der Waals surface area contributed by atoms with Crippen LogP contribution in [0.25, 0.3) is 0 Å². The zero-order valence-electron chi connectivity index (χ0n) is 13.0. The molecule has 1 aliphatic rings. The van der Waals surface area contributed by atoms with Gasteiger partial charge in [0, 0.05) is 0 Å². The van der Waals surface area contributed by atoms with Crippen molar-refractivity contribution in [2.75, 3.05) is 7.11 Å². The maximum absolute atomic E-state index is 13.7. The van der Waals surface area contributed by atoms with Gasteiger partial charge in [0.2, 0.25) is 5.91 Å². The smallest absolute Gasteiger partial charge is 0.266 e. The lowest BCUT2D eigenvalue weighted by atomic mass is 10.0. The Balaban J connectivity index is 1.87. The Kier molecular flexibility index (Phi) is 4.28. The Morgan fingerprint density at radius 2 is 1.96 bits per heavy atom. The summed E-state index contributed by atoms with van der Waals surface area (Å²) in [5.74, 6) is -1.48. The van der Waals surface area contributed by atoms with E-state index in [1.54, 1.807) is 25.3 Å². The summed E-state index contributed by atoms with van der Waals surface area (Å²) in [6.45, 7) is 0. The molecule has 1 atom stereocenters. The summed E-state index contributed by atoms with van der Waals surface area (Å²) in [6, 6.07) is 10.3. The molecule has 2 aromatic carbocycles. The number of rotatable bonds is 4. The molecule has 0 radical (unpaired) electrons. The molecule has 0 bridgehead atoms. The molecule has 0 spiro atoms. The van der Waals surface area contributed by atoms with Gasteiger partial charge in [0.25, 0.3) is 10.0 Å². The first-order valence-corrected chi connectivity index (χ1v) is 8.89. The Morgan fingerprint density at radius 3 is 2.67 bits per heavy atom. The summed E-state index contributed by atoms with van der Waals surface area (Å²) in [7, 11) is -2.70. The molecule has 1 N–H and O–H groups in total. The summed E-state index contributed by atoms with van der Waals surface area (Å²) in [6.07, 6.45) is 1.10. The number of fused-ring (bicyclic) bond motifs is 1. The van der Waals surface area contributed by atoms with E-state index in [1.807, 2.05) is 4.72 Å². The number of nitrogens with one attached hydrogen (secondary N) is 1. The number of methoxy groups -OCH3 is 1.